The molecule has 0 aliphatic carbocycles. The lowest BCUT2D eigenvalue weighted by molar-refractivity contribution is 0.0787. The Hall–Kier alpha value is -3.29. The molecule has 0 aromatic carbocycles. The van der Waals surface area contributed by atoms with Crippen molar-refractivity contribution in [3.8, 4) is 11.3 Å². The molecule has 8 heteroatoms. The lowest BCUT2D eigenvalue weighted by Gasteiger charge is -2.16. The number of pyridine rings is 1. The van der Waals surface area contributed by atoms with E-state index in [1.54, 1.807) is 24.2 Å². The molecule has 1 saturated heterocycles. The van der Waals surface area contributed by atoms with E-state index in [1.807, 2.05) is 19.1 Å². The quantitative estimate of drug-likeness (QED) is 0.746. The number of aromatic nitrogens is 4. The highest BCUT2D eigenvalue weighted by Gasteiger charge is 2.32. The molecule has 0 unspecified atom stereocenters. The molecule has 1 aliphatic heterocycles. The van der Waals surface area contributed by atoms with E-state index in [0.717, 1.165) is 12.0 Å². The van der Waals surface area contributed by atoms with Crippen molar-refractivity contribution in [1.29, 1.82) is 0 Å². The number of nitrogens with one attached hydrogen (secondary N) is 1. The number of aromatic amines is 1. The summed E-state index contributed by atoms with van der Waals surface area (Å²) in [5, 5.41) is 3.93. The van der Waals surface area contributed by atoms with Gasteiger partial charge in [0.05, 0.1) is 11.4 Å². The van der Waals surface area contributed by atoms with Crippen LogP contribution in [0.4, 0.5) is 0 Å². The van der Waals surface area contributed by atoms with Crippen LogP contribution >= 0.6 is 0 Å². The van der Waals surface area contributed by atoms with Crippen molar-refractivity contribution in [3.63, 3.8) is 0 Å². The maximum absolute atomic E-state index is 13.0. The minimum absolute atomic E-state index is 0.0244. The van der Waals surface area contributed by atoms with E-state index in [9.17, 15) is 9.59 Å². The van der Waals surface area contributed by atoms with E-state index in [2.05, 4.69) is 20.1 Å². The van der Waals surface area contributed by atoms with Gasteiger partial charge in [0.1, 0.15) is 17.1 Å². The summed E-state index contributed by atoms with van der Waals surface area (Å²) in [6, 6.07) is 5.11. The fourth-order valence-corrected chi connectivity index (χ4v) is 3.60. The fraction of sp³-hybridized carbons (Fsp3) is 0.350. The zero-order valence-electron chi connectivity index (χ0n) is 15.8. The van der Waals surface area contributed by atoms with E-state index in [1.165, 1.54) is 6.07 Å². The van der Waals surface area contributed by atoms with Crippen molar-refractivity contribution in [3.05, 3.63) is 63.8 Å². The highest BCUT2D eigenvalue weighted by Crippen LogP contribution is 2.28. The van der Waals surface area contributed by atoms with Crippen LogP contribution in [0, 0.1) is 6.92 Å². The first-order chi connectivity index (χ1) is 13.6. The molecule has 8 nitrogen and oxygen atoms in total. The summed E-state index contributed by atoms with van der Waals surface area (Å²) in [4.78, 5) is 38.4. The lowest BCUT2D eigenvalue weighted by Crippen LogP contribution is -2.29. The van der Waals surface area contributed by atoms with Crippen molar-refractivity contribution < 1.29 is 9.32 Å². The molecule has 4 heterocycles. The molecule has 1 amide bonds. The molecule has 1 aliphatic rings. The number of likely N-dealkylation sites (tertiary alicyclic amines) is 1. The first-order valence-electron chi connectivity index (χ1n) is 9.33. The van der Waals surface area contributed by atoms with Crippen molar-refractivity contribution in [2.24, 2.45) is 0 Å². The zero-order chi connectivity index (χ0) is 19.7. The van der Waals surface area contributed by atoms with E-state index in [4.69, 9.17) is 4.52 Å². The number of aryl methyl sites for hydroxylation is 2. The molecule has 1 N–H and O–H groups in total. The van der Waals surface area contributed by atoms with Crippen molar-refractivity contribution in [1.82, 2.24) is 25.0 Å². The predicted octanol–water partition coefficient (Wildman–Crippen LogP) is 2.32. The highest BCUT2D eigenvalue weighted by atomic mass is 16.5. The van der Waals surface area contributed by atoms with Crippen LogP contribution in [0.3, 0.4) is 0 Å². The lowest BCUT2D eigenvalue weighted by atomic mass is 10.1. The number of rotatable bonds is 4. The highest BCUT2D eigenvalue weighted by molar-refractivity contribution is 5.96. The molecule has 0 radical (unpaired) electrons. The summed E-state index contributed by atoms with van der Waals surface area (Å²) in [5.74, 6) is 1.11. The van der Waals surface area contributed by atoms with E-state index in [-0.39, 0.29) is 17.4 Å². The topological polar surface area (TPSA) is 105 Å². The Kier molecular flexibility index (Phi) is 4.77. The molecular weight excluding hydrogens is 358 g/mol. The molecule has 28 heavy (non-hydrogen) atoms. The Labute approximate surface area is 161 Å². The molecule has 1 fully saturated rings. The Balaban J connectivity index is 1.58. The zero-order valence-corrected chi connectivity index (χ0v) is 15.8. The molecule has 144 valence electrons. The maximum Gasteiger partial charge on any atom is 0.259 e. The number of carbonyl (C=O) groups is 1. The summed E-state index contributed by atoms with van der Waals surface area (Å²) in [5.41, 5.74) is 2.39. The second kappa shape index (κ2) is 7.38. The minimum atomic E-state index is -0.204. The van der Waals surface area contributed by atoms with Gasteiger partial charge in [-0.3, -0.25) is 14.6 Å². The Morgan fingerprint density at radius 3 is 2.89 bits per heavy atom. The number of amides is 1. The van der Waals surface area contributed by atoms with Crippen LogP contribution in [-0.4, -0.2) is 44.0 Å². The average Bonchev–Trinajstić information content (AvgIpc) is 3.34. The molecule has 3 aromatic rings. The van der Waals surface area contributed by atoms with Crippen LogP contribution in [0.2, 0.25) is 0 Å². The summed E-state index contributed by atoms with van der Waals surface area (Å²) < 4.78 is 5.25. The molecule has 1 atom stereocenters. The number of hydrogen-bond donors (Lipinski definition) is 1. The predicted molar refractivity (Wildman–Crippen MR) is 102 cm³/mol. The van der Waals surface area contributed by atoms with Gasteiger partial charge >= 0.3 is 0 Å². The molecule has 3 aromatic heterocycles. The smallest absolute Gasteiger partial charge is 0.259 e. The number of carbonyl (C=O) groups excluding carboxylic acids is 1. The SMILES string of the molecule is CCc1onc(C)c1C(=O)N1CC[C@H](c2nc(-c3ccncc3)cc(=O)[nH]2)C1. The van der Waals surface area contributed by atoms with Crippen LogP contribution in [0.1, 0.15) is 46.9 Å². The van der Waals surface area contributed by atoms with Gasteiger partial charge in [-0.15, -0.1) is 0 Å². The first kappa shape index (κ1) is 18.1. The average molecular weight is 379 g/mol. The standard InChI is InChI=1S/C20H21N5O3/c1-3-16-18(12(2)24-28-16)20(27)25-9-6-14(11-25)19-22-15(10-17(26)23-19)13-4-7-21-8-5-13/h4-5,7-8,10,14H,3,6,9,11H2,1-2H3,(H,22,23,26)/t14-/m0/s1. The molecule has 0 saturated carbocycles. The summed E-state index contributed by atoms with van der Waals surface area (Å²) >= 11 is 0. The molecule has 0 spiro atoms. The summed E-state index contributed by atoms with van der Waals surface area (Å²) in [6.45, 7) is 4.80. The Bertz CT molecular complexity index is 1060. The van der Waals surface area contributed by atoms with Crippen molar-refractivity contribution in [2.75, 3.05) is 13.1 Å². The van der Waals surface area contributed by atoms with Crippen molar-refractivity contribution >= 4 is 5.91 Å². The van der Waals surface area contributed by atoms with Gasteiger partial charge in [0.15, 0.2) is 0 Å². The van der Waals surface area contributed by atoms with Gasteiger partial charge in [0, 0.05) is 49.5 Å². The van der Waals surface area contributed by atoms with Gasteiger partial charge in [-0.05, 0) is 25.5 Å². The van der Waals surface area contributed by atoms with Crippen LogP contribution in [0.25, 0.3) is 11.3 Å². The van der Waals surface area contributed by atoms with Gasteiger partial charge in [-0.25, -0.2) is 4.98 Å². The fourth-order valence-electron chi connectivity index (χ4n) is 3.60. The van der Waals surface area contributed by atoms with Crippen LogP contribution in [0.15, 0.2) is 39.9 Å². The summed E-state index contributed by atoms with van der Waals surface area (Å²) in [7, 11) is 0. The largest absolute Gasteiger partial charge is 0.360 e. The second-order valence-electron chi connectivity index (χ2n) is 6.91. The number of hydrogen-bond acceptors (Lipinski definition) is 6. The van der Waals surface area contributed by atoms with Gasteiger partial charge in [0.2, 0.25) is 0 Å². The molecular formula is C20H21N5O3. The molecule has 0 bridgehead atoms. The number of H-pyrrole nitrogens is 1. The molecule has 4 rings (SSSR count). The van der Waals surface area contributed by atoms with E-state index in [0.29, 0.717) is 48.0 Å². The minimum Gasteiger partial charge on any atom is -0.360 e. The van der Waals surface area contributed by atoms with Gasteiger partial charge < -0.3 is 14.4 Å². The van der Waals surface area contributed by atoms with Crippen LogP contribution < -0.4 is 5.56 Å². The van der Waals surface area contributed by atoms with Gasteiger partial charge in [-0.2, -0.15) is 0 Å². The van der Waals surface area contributed by atoms with Gasteiger partial charge in [0.25, 0.3) is 11.5 Å². The first-order valence-corrected chi connectivity index (χ1v) is 9.33. The second-order valence-corrected chi connectivity index (χ2v) is 6.91. The third kappa shape index (κ3) is 3.33. The monoisotopic (exact) mass is 379 g/mol. The van der Waals surface area contributed by atoms with Crippen LogP contribution in [0.5, 0.6) is 0 Å². The van der Waals surface area contributed by atoms with Crippen molar-refractivity contribution in [2.45, 2.75) is 32.6 Å². The normalized spacial score (nSPS) is 16.5. The van der Waals surface area contributed by atoms with Gasteiger partial charge in [-0.1, -0.05) is 12.1 Å². The van der Waals surface area contributed by atoms with Crippen LogP contribution in [-0.2, 0) is 6.42 Å². The number of nitrogens with zero attached hydrogens (tertiary/aromatic N) is 4. The third-order valence-corrected chi connectivity index (χ3v) is 5.07. The van der Waals surface area contributed by atoms with E-state index >= 15 is 0 Å². The Morgan fingerprint density at radius 2 is 2.14 bits per heavy atom. The summed E-state index contributed by atoms with van der Waals surface area (Å²) in [6.07, 6.45) is 4.68. The third-order valence-electron chi connectivity index (χ3n) is 5.07. The maximum atomic E-state index is 13.0. The Morgan fingerprint density at radius 1 is 1.36 bits per heavy atom. The van der Waals surface area contributed by atoms with E-state index < -0.39 is 0 Å².